The molecule has 1 heterocycles. The number of hydrogen-bond acceptors (Lipinski definition) is 1. The van der Waals surface area contributed by atoms with Gasteiger partial charge in [-0.1, -0.05) is 17.7 Å². The van der Waals surface area contributed by atoms with Crippen molar-refractivity contribution in [2.24, 2.45) is 0 Å². The highest BCUT2D eigenvalue weighted by Crippen LogP contribution is 2.35. The van der Waals surface area contributed by atoms with Gasteiger partial charge in [0.1, 0.15) is 5.82 Å². The summed E-state index contributed by atoms with van der Waals surface area (Å²) in [5.41, 5.74) is -0.302. The molecule has 0 radical (unpaired) electrons. The molecule has 1 aliphatic carbocycles. The summed E-state index contributed by atoms with van der Waals surface area (Å²) >= 11 is 12.1. The Labute approximate surface area is 92.6 Å². The summed E-state index contributed by atoms with van der Waals surface area (Å²) in [5, 5.41) is 0.500. The number of allylic oxidation sites excluding steroid dienone is 4. The highest BCUT2D eigenvalue weighted by molar-refractivity contribution is 6.32. The van der Waals surface area contributed by atoms with Crippen molar-refractivity contribution in [3.05, 3.63) is 41.5 Å². The molecule has 4 heteroatoms. The quantitative estimate of drug-likeness (QED) is 0.737. The summed E-state index contributed by atoms with van der Waals surface area (Å²) < 4.78 is 0. The summed E-state index contributed by atoms with van der Waals surface area (Å²) in [4.78, 5) is 7.30. The summed E-state index contributed by atoms with van der Waals surface area (Å²) in [5.74, 6) is 0.856. The fourth-order valence-electron chi connectivity index (χ4n) is 1.48. The van der Waals surface area contributed by atoms with Gasteiger partial charge in [0.2, 0.25) is 0 Å². The minimum Gasteiger partial charge on any atom is -0.348 e. The van der Waals surface area contributed by atoms with E-state index in [2.05, 4.69) is 9.97 Å². The Kier molecular flexibility index (Phi) is 2.41. The molecule has 2 atom stereocenters. The lowest BCUT2D eigenvalue weighted by Crippen LogP contribution is -2.32. The van der Waals surface area contributed by atoms with Crippen molar-refractivity contribution >= 4 is 23.2 Å². The second kappa shape index (κ2) is 3.44. The lowest BCUT2D eigenvalue weighted by Gasteiger charge is -2.29. The molecule has 2 unspecified atom stereocenters. The van der Waals surface area contributed by atoms with E-state index in [-0.39, 0.29) is 10.8 Å². The third kappa shape index (κ3) is 1.49. The van der Waals surface area contributed by atoms with Crippen LogP contribution in [-0.2, 0) is 5.41 Å². The van der Waals surface area contributed by atoms with Gasteiger partial charge in [0, 0.05) is 17.4 Å². The van der Waals surface area contributed by atoms with Gasteiger partial charge >= 0.3 is 0 Å². The first-order valence-corrected chi connectivity index (χ1v) is 5.15. The van der Waals surface area contributed by atoms with Crippen molar-refractivity contribution < 1.29 is 0 Å². The number of halogens is 2. The minimum atomic E-state index is -0.302. The van der Waals surface area contributed by atoms with Crippen LogP contribution in [0.3, 0.4) is 0 Å². The van der Waals surface area contributed by atoms with Crippen LogP contribution in [0.1, 0.15) is 12.7 Å². The van der Waals surface area contributed by atoms with E-state index in [0.29, 0.717) is 5.03 Å². The highest BCUT2D eigenvalue weighted by Gasteiger charge is 2.35. The zero-order valence-electron chi connectivity index (χ0n) is 7.67. The highest BCUT2D eigenvalue weighted by atomic mass is 35.5. The Morgan fingerprint density at radius 2 is 2.36 bits per heavy atom. The Balaban J connectivity index is 2.39. The predicted molar refractivity (Wildman–Crippen MR) is 58.7 cm³/mol. The van der Waals surface area contributed by atoms with Gasteiger partial charge in [0.05, 0.1) is 10.8 Å². The molecule has 0 aromatic carbocycles. The second-order valence-electron chi connectivity index (χ2n) is 3.51. The number of nitrogens with one attached hydrogen (secondary N) is 1. The van der Waals surface area contributed by atoms with Crippen molar-refractivity contribution in [2.75, 3.05) is 0 Å². The van der Waals surface area contributed by atoms with Crippen LogP contribution >= 0.6 is 23.2 Å². The Morgan fingerprint density at radius 1 is 1.57 bits per heavy atom. The summed E-state index contributed by atoms with van der Waals surface area (Å²) in [6.07, 6.45) is 9.16. The van der Waals surface area contributed by atoms with E-state index in [1.807, 2.05) is 25.2 Å². The number of alkyl halides is 1. The van der Waals surface area contributed by atoms with Gasteiger partial charge in [0.25, 0.3) is 0 Å². The molecule has 0 spiro atoms. The Morgan fingerprint density at radius 3 is 2.93 bits per heavy atom. The maximum Gasteiger partial charge on any atom is 0.117 e. The molecular weight excluding hydrogens is 219 g/mol. The van der Waals surface area contributed by atoms with Gasteiger partial charge in [-0.25, -0.2) is 4.98 Å². The number of imidazole rings is 1. The standard InChI is InChI=1S/C10H10Cl2N2/c1-10(9-13-4-5-14-9)3-2-7(11)6-8(10)12/h2-6,8H,1H3,(H,13,14). The van der Waals surface area contributed by atoms with Crippen molar-refractivity contribution in [1.29, 1.82) is 0 Å². The summed E-state index contributed by atoms with van der Waals surface area (Å²) in [7, 11) is 0. The SMILES string of the molecule is CC1(c2ncc[nH]2)C=CC(Cl)=CC1Cl. The molecule has 1 aliphatic rings. The van der Waals surface area contributed by atoms with E-state index >= 15 is 0 Å². The number of hydrogen-bond donors (Lipinski definition) is 1. The van der Waals surface area contributed by atoms with Crippen LogP contribution in [0.2, 0.25) is 0 Å². The minimum absolute atomic E-state index is 0.175. The third-order valence-electron chi connectivity index (χ3n) is 2.48. The van der Waals surface area contributed by atoms with Crippen molar-refractivity contribution in [1.82, 2.24) is 9.97 Å². The largest absolute Gasteiger partial charge is 0.348 e. The van der Waals surface area contributed by atoms with Crippen molar-refractivity contribution in [2.45, 2.75) is 17.7 Å². The smallest absolute Gasteiger partial charge is 0.117 e. The van der Waals surface area contributed by atoms with E-state index < -0.39 is 0 Å². The van der Waals surface area contributed by atoms with E-state index in [1.165, 1.54) is 0 Å². The third-order valence-corrected chi connectivity index (χ3v) is 3.31. The van der Waals surface area contributed by atoms with Gasteiger partial charge in [-0.2, -0.15) is 0 Å². The topological polar surface area (TPSA) is 28.7 Å². The van der Waals surface area contributed by atoms with Crippen LogP contribution < -0.4 is 0 Å². The molecular formula is C10H10Cl2N2. The van der Waals surface area contributed by atoms with Crippen LogP contribution in [0.4, 0.5) is 0 Å². The molecule has 2 nitrogen and oxygen atoms in total. The van der Waals surface area contributed by atoms with Gasteiger partial charge in [-0.05, 0) is 19.1 Å². The molecule has 14 heavy (non-hydrogen) atoms. The Bertz CT molecular complexity index is 381. The Hall–Kier alpha value is -0.730. The molecule has 0 fully saturated rings. The number of nitrogens with zero attached hydrogens (tertiary/aromatic N) is 1. The molecule has 0 amide bonds. The maximum absolute atomic E-state index is 6.24. The van der Waals surface area contributed by atoms with Gasteiger partial charge < -0.3 is 4.98 Å². The van der Waals surface area contributed by atoms with Crippen LogP contribution in [0.5, 0.6) is 0 Å². The average molecular weight is 229 g/mol. The summed E-state index contributed by atoms with van der Waals surface area (Å²) in [6.45, 7) is 2.03. The van der Waals surface area contributed by atoms with E-state index in [9.17, 15) is 0 Å². The zero-order valence-corrected chi connectivity index (χ0v) is 9.18. The average Bonchev–Trinajstić information content (AvgIpc) is 2.65. The fourth-order valence-corrected chi connectivity index (χ4v) is 2.05. The molecule has 1 aromatic heterocycles. The zero-order chi connectivity index (χ0) is 10.2. The first kappa shape index (κ1) is 9.81. The van der Waals surface area contributed by atoms with Gasteiger partial charge in [-0.3, -0.25) is 0 Å². The van der Waals surface area contributed by atoms with Gasteiger partial charge in [0.15, 0.2) is 0 Å². The fraction of sp³-hybridized carbons (Fsp3) is 0.300. The van der Waals surface area contributed by atoms with Crippen LogP contribution in [0.15, 0.2) is 35.7 Å². The number of H-pyrrole nitrogens is 1. The molecule has 0 aliphatic heterocycles. The first-order chi connectivity index (χ1) is 6.63. The lowest BCUT2D eigenvalue weighted by molar-refractivity contribution is 0.569. The number of rotatable bonds is 1. The van der Waals surface area contributed by atoms with E-state index in [0.717, 1.165) is 5.82 Å². The first-order valence-electron chi connectivity index (χ1n) is 4.33. The maximum atomic E-state index is 6.24. The van der Waals surface area contributed by atoms with Gasteiger partial charge in [-0.15, -0.1) is 11.6 Å². The summed E-state index contributed by atoms with van der Waals surface area (Å²) in [6, 6.07) is 0. The lowest BCUT2D eigenvalue weighted by atomic mass is 9.82. The molecule has 2 rings (SSSR count). The molecule has 0 bridgehead atoms. The van der Waals surface area contributed by atoms with Crippen LogP contribution in [-0.4, -0.2) is 15.3 Å². The second-order valence-corrected chi connectivity index (χ2v) is 4.41. The van der Waals surface area contributed by atoms with E-state index in [4.69, 9.17) is 23.2 Å². The molecule has 74 valence electrons. The van der Waals surface area contributed by atoms with Crippen molar-refractivity contribution in [3.63, 3.8) is 0 Å². The van der Waals surface area contributed by atoms with Crippen LogP contribution in [0.25, 0.3) is 0 Å². The molecule has 1 N–H and O–H groups in total. The number of aromatic nitrogens is 2. The predicted octanol–water partition coefficient (Wildman–Crippen LogP) is 2.97. The normalized spacial score (nSPS) is 31.6. The molecule has 0 saturated heterocycles. The number of aromatic amines is 1. The monoisotopic (exact) mass is 228 g/mol. The van der Waals surface area contributed by atoms with Crippen molar-refractivity contribution in [3.8, 4) is 0 Å². The van der Waals surface area contributed by atoms with Crippen LogP contribution in [0, 0.1) is 0 Å². The molecule has 1 aromatic rings. The van der Waals surface area contributed by atoms with E-state index in [1.54, 1.807) is 12.4 Å². The molecule has 0 saturated carbocycles.